The van der Waals surface area contributed by atoms with E-state index in [-0.39, 0.29) is 0 Å². The van der Waals surface area contributed by atoms with Crippen molar-refractivity contribution in [3.8, 4) is 0 Å². The molecule has 156 valence electrons. The minimum absolute atomic E-state index is 1.02. The molecule has 1 aromatic rings. The van der Waals surface area contributed by atoms with Gasteiger partial charge >= 0.3 is 0 Å². The van der Waals surface area contributed by atoms with Gasteiger partial charge in [0, 0.05) is 17.8 Å². The molecule has 0 bridgehead atoms. The van der Waals surface area contributed by atoms with Crippen molar-refractivity contribution in [3.05, 3.63) is 23.3 Å². The molecule has 0 spiro atoms. The Morgan fingerprint density at radius 2 is 0.889 bits per heavy atom. The van der Waals surface area contributed by atoms with Crippen molar-refractivity contribution in [1.82, 2.24) is 9.97 Å². The van der Waals surface area contributed by atoms with Crippen LogP contribution in [0.1, 0.15) is 134 Å². The molecule has 0 amide bonds. The maximum absolute atomic E-state index is 4.84. The molecule has 0 N–H and O–H groups in total. The molecule has 2 nitrogen and oxygen atoms in total. The third kappa shape index (κ3) is 13.0. The Labute approximate surface area is 170 Å². The Balaban J connectivity index is 2.34. The third-order valence-electron chi connectivity index (χ3n) is 5.43. The lowest BCUT2D eigenvalue weighted by molar-refractivity contribution is 0.582. The Kier molecular flexibility index (Phi) is 15.4. The Hall–Kier alpha value is -0.920. The van der Waals surface area contributed by atoms with Crippen LogP contribution in [0.5, 0.6) is 0 Å². The fourth-order valence-electron chi connectivity index (χ4n) is 3.73. The second-order valence-electron chi connectivity index (χ2n) is 8.26. The minimum atomic E-state index is 1.02. The van der Waals surface area contributed by atoms with Crippen LogP contribution in [0.3, 0.4) is 0 Å². The lowest BCUT2D eigenvalue weighted by Crippen LogP contribution is -2.04. The van der Waals surface area contributed by atoms with Gasteiger partial charge in [0.15, 0.2) is 0 Å². The molecule has 1 heterocycles. The van der Waals surface area contributed by atoms with Crippen molar-refractivity contribution in [2.45, 2.75) is 136 Å². The molecular formula is C25H46N2. The van der Waals surface area contributed by atoms with Gasteiger partial charge < -0.3 is 0 Å². The van der Waals surface area contributed by atoms with Crippen LogP contribution >= 0.6 is 0 Å². The smallest absolute Gasteiger partial charge is 0.128 e. The second-order valence-corrected chi connectivity index (χ2v) is 8.26. The number of unbranched alkanes of at least 4 members (excludes halogenated alkanes) is 12. The summed E-state index contributed by atoms with van der Waals surface area (Å²) in [6, 6.07) is 2.30. The van der Waals surface area contributed by atoms with Crippen molar-refractivity contribution in [1.29, 1.82) is 0 Å². The van der Waals surface area contributed by atoms with Gasteiger partial charge in [-0.25, -0.2) is 9.97 Å². The molecule has 0 fully saturated rings. The van der Waals surface area contributed by atoms with E-state index in [0.29, 0.717) is 0 Å². The summed E-state index contributed by atoms with van der Waals surface area (Å²) >= 11 is 0. The number of aryl methyl sites for hydroxylation is 3. The number of nitrogens with zero attached hydrogens (tertiary/aromatic N) is 2. The number of hydrogen-bond donors (Lipinski definition) is 0. The number of aromatic nitrogens is 2. The summed E-state index contributed by atoms with van der Waals surface area (Å²) in [4.78, 5) is 9.67. The zero-order valence-electron chi connectivity index (χ0n) is 18.7. The summed E-state index contributed by atoms with van der Waals surface area (Å²) < 4.78 is 0. The topological polar surface area (TPSA) is 25.8 Å². The van der Waals surface area contributed by atoms with E-state index in [2.05, 4.69) is 26.8 Å². The van der Waals surface area contributed by atoms with E-state index in [0.717, 1.165) is 31.5 Å². The highest BCUT2D eigenvalue weighted by atomic mass is 14.9. The third-order valence-corrected chi connectivity index (χ3v) is 5.43. The first kappa shape index (κ1) is 24.1. The molecule has 0 saturated carbocycles. The minimum Gasteiger partial charge on any atom is -0.238 e. The van der Waals surface area contributed by atoms with E-state index in [1.807, 2.05) is 0 Å². The van der Waals surface area contributed by atoms with E-state index in [4.69, 9.17) is 9.97 Å². The van der Waals surface area contributed by atoms with Gasteiger partial charge in [-0.05, 0) is 38.2 Å². The first-order valence-electron chi connectivity index (χ1n) is 12.2. The molecule has 27 heavy (non-hydrogen) atoms. The summed E-state index contributed by atoms with van der Waals surface area (Å²) in [6.45, 7) is 6.79. The quantitative estimate of drug-likeness (QED) is 0.243. The Bertz CT molecular complexity index is 419. The van der Waals surface area contributed by atoms with Crippen LogP contribution in [-0.4, -0.2) is 9.97 Å². The van der Waals surface area contributed by atoms with Crippen LogP contribution in [0, 0.1) is 0 Å². The van der Waals surface area contributed by atoms with Gasteiger partial charge in [0.25, 0.3) is 0 Å². The fraction of sp³-hybridized carbons (Fsp3) is 0.840. The van der Waals surface area contributed by atoms with Crippen molar-refractivity contribution in [2.24, 2.45) is 0 Å². The standard InChI is InChI=1S/C25H46N2/c1-4-7-9-11-13-15-17-20-23-22-24(27-25(26-23)19-6-3)21-18-16-14-12-10-8-5-2/h22H,4-21H2,1-3H3. The SMILES string of the molecule is CCCCCCCCCc1cc(CCCCCCCCC)nc(CCC)n1. The van der Waals surface area contributed by atoms with Crippen LogP contribution < -0.4 is 0 Å². The van der Waals surface area contributed by atoms with Gasteiger partial charge in [0.2, 0.25) is 0 Å². The van der Waals surface area contributed by atoms with Gasteiger partial charge in [-0.1, -0.05) is 97.8 Å². The van der Waals surface area contributed by atoms with Crippen LogP contribution in [0.25, 0.3) is 0 Å². The Morgan fingerprint density at radius 1 is 0.481 bits per heavy atom. The lowest BCUT2D eigenvalue weighted by atomic mass is 10.0. The van der Waals surface area contributed by atoms with E-state index in [1.165, 1.54) is 101 Å². The molecule has 0 aliphatic heterocycles. The van der Waals surface area contributed by atoms with Crippen molar-refractivity contribution in [2.75, 3.05) is 0 Å². The lowest BCUT2D eigenvalue weighted by Gasteiger charge is -2.08. The molecule has 2 heteroatoms. The van der Waals surface area contributed by atoms with E-state index >= 15 is 0 Å². The second kappa shape index (κ2) is 17.2. The molecule has 0 unspecified atom stereocenters. The molecule has 0 aromatic carbocycles. The summed E-state index contributed by atoms with van der Waals surface area (Å²) in [5.74, 6) is 1.08. The highest BCUT2D eigenvalue weighted by molar-refractivity contribution is 5.12. The van der Waals surface area contributed by atoms with Gasteiger partial charge in [0.05, 0.1) is 0 Å². The first-order chi connectivity index (χ1) is 13.3. The first-order valence-corrected chi connectivity index (χ1v) is 12.2. The van der Waals surface area contributed by atoms with E-state index in [9.17, 15) is 0 Å². The number of rotatable bonds is 18. The van der Waals surface area contributed by atoms with E-state index < -0.39 is 0 Å². The van der Waals surface area contributed by atoms with Crippen LogP contribution in [0.2, 0.25) is 0 Å². The van der Waals surface area contributed by atoms with Crippen molar-refractivity contribution < 1.29 is 0 Å². The average molecular weight is 375 g/mol. The Morgan fingerprint density at radius 3 is 1.30 bits per heavy atom. The maximum atomic E-state index is 4.84. The summed E-state index contributed by atoms with van der Waals surface area (Å²) in [7, 11) is 0. The van der Waals surface area contributed by atoms with Gasteiger partial charge in [-0.3, -0.25) is 0 Å². The molecule has 0 aliphatic carbocycles. The highest BCUT2D eigenvalue weighted by Gasteiger charge is 2.05. The van der Waals surface area contributed by atoms with E-state index in [1.54, 1.807) is 0 Å². The monoisotopic (exact) mass is 374 g/mol. The molecule has 0 aliphatic rings. The average Bonchev–Trinajstić information content (AvgIpc) is 2.67. The predicted octanol–water partition coefficient (Wildman–Crippen LogP) is 8.02. The van der Waals surface area contributed by atoms with Gasteiger partial charge in [-0.15, -0.1) is 0 Å². The summed E-state index contributed by atoms with van der Waals surface area (Å²) in [6.07, 6.45) is 23.6. The van der Waals surface area contributed by atoms with Crippen LogP contribution in [-0.2, 0) is 19.3 Å². The van der Waals surface area contributed by atoms with Crippen LogP contribution in [0.4, 0.5) is 0 Å². The summed E-state index contributed by atoms with van der Waals surface area (Å²) in [5, 5.41) is 0. The van der Waals surface area contributed by atoms with Gasteiger partial charge in [0.1, 0.15) is 5.82 Å². The fourth-order valence-corrected chi connectivity index (χ4v) is 3.73. The molecule has 1 aromatic heterocycles. The largest absolute Gasteiger partial charge is 0.238 e. The molecular weight excluding hydrogens is 328 g/mol. The highest BCUT2D eigenvalue weighted by Crippen LogP contribution is 2.14. The summed E-state index contributed by atoms with van der Waals surface area (Å²) in [5.41, 5.74) is 2.58. The molecule has 0 radical (unpaired) electrons. The van der Waals surface area contributed by atoms with Crippen molar-refractivity contribution in [3.63, 3.8) is 0 Å². The normalized spacial score (nSPS) is 11.2. The van der Waals surface area contributed by atoms with Gasteiger partial charge in [-0.2, -0.15) is 0 Å². The number of hydrogen-bond acceptors (Lipinski definition) is 2. The zero-order chi connectivity index (χ0) is 19.6. The molecule has 0 saturated heterocycles. The molecule has 1 rings (SSSR count). The maximum Gasteiger partial charge on any atom is 0.128 e. The van der Waals surface area contributed by atoms with Crippen LogP contribution in [0.15, 0.2) is 6.07 Å². The van der Waals surface area contributed by atoms with Crippen molar-refractivity contribution >= 4 is 0 Å². The zero-order valence-corrected chi connectivity index (χ0v) is 18.7. The molecule has 0 atom stereocenters. The predicted molar refractivity (Wildman–Crippen MR) is 119 cm³/mol.